The molecule has 0 radical (unpaired) electrons. The van der Waals surface area contributed by atoms with E-state index in [0.717, 1.165) is 23.9 Å². The summed E-state index contributed by atoms with van der Waals surface area (Å²) in [6.45, 7) is 0. The van der Waals surface area contributed by atoms with E-state index in [4.69, 9.17) is 23.2 Å². The van der Waals surface area contributed by atoms with Crippen molar-refractivity contribution in [2.75, 3.05) is 10.6 Å². The Kier molecular flexibility index (Phi) is 6.09. The Labute approximate surface area is 142 Å². The minimum absolute atomic E-state index is 0.203. The van der Waals surface area contributed by atoms with Gasteiger partial charge in [-0.15, -0.1) is 0 Å². The van der Waals surface area contributed by atoms with Crippen LogP contribution in [-0.4, -0.2) is 11.2 Å². The van der Waals surface area contributed by atoms with E-state index in [2.05, 4.69) is 27.3 Å². The van der Waals surface area contributed by atoms with Crippen LogP contribution in [0.2, 0.25) is 10.0 Å². The second kappa shape index (κ2) is 7.83. The Balaban J connectivity index is 2.10. The van der Waals surface area contributed by atoms with Crippen molar-refractivity contribution in [2.45, 2.75) is 12.8 Å². The van der Waals surface area contributed by atoms with Crippen LogP contribution in [0.25, 0.3) is 0 Å². The number of carbonyl (C=O) groups excluding carboxylic acids is 1. The van der Waals surface area contributed by atoms with Crippen molar-refractivity contribution in [1.82, 2.24) is 0 Å². The van der Waals surface area contributed by atoms with Crippen LogP contribution in [0.1, 0.15) is 22.3 Å². The van der Waals surface area contributed by atoms with Gasteiger partial charge in [0.15, 0.2) is 0 Å². The molecule has 5 heteroatoms. The lowest BCUT2D eigenvalue weighted by atomic mass is 10.1. The van der Waals surface area contributed by atoms with Crippen molar-refractivity contribution < 1.29 is 4.79 Å². The lowest BCUT2D eigenvalue weighted by Crippen LogP contribution is -2.12. The summed E-state index contributed by atoms with van der Waals surface area (Å²) >= 11 is 15.2. The normalized spacial score (nSPS) is 10.4. The van der Waals surface area contributed by atoms with Gasteiger partial charge in [0.1, 0.15) is 0 Å². The second-order valence-electron chi connectivity index (χ2n) is 4.58. The quantitative estimate of drug-likeness (QED) is 0.668. The Morgan fingerprint density at radius 2 is 1.90 bits per heavy atom. The molecule has 1 amide bonds. The molecular formula is C16H14BrCl2NO. The third-order valence-corrected chi connectivity index (χ3v) is 4.27. The minimum Gasteiger partial charge on any atom is -0.322 e. The van der Waals surface area contributed by atoms with Crippen LogP contribution in [0.15, 0.2) is 42.5 Å². The molecule has 2 rings (SSSR count). The standard InChI is InChI=1S/C16H14BrCl2NO/c17-8-2-4-11-3-1-5-13(9-11)20-16(21)12-6-7-14(18)15(19)10-12/h1,3,5-7,9-10H,2,4,8H2,(H,20,21). The van der Waals surface area contributed by atoms with Crippen molar-refractivity contribution in [1.29, 1.82) is 0 Å². The number of alkyl halides is 1. The largest absolute Gasteiger partial charge is 0.322 e. The zero-order valence-electron chi connectivity index (χ0n) is 11.2. The van der Waals surface area contributed by atoms with Gasteiger partial charge in [-0.1, -0.05) is 51.3 Å². The smallest absolute Gasteiger partial charge is 0.255 e. The molecule has 0 aliphatic heterocycles. The SMILES string of the molecule is O=C(Nc1cccc(CCCBr)c1)c1ccc(Cl)c(Cl)c1. The topological polar surface area (TPSA) is 29.1 Å². The first-order valence-corrected chi connectivity index (χ1v) is 8.39. The zero-order chi connectivity index (χ0) is 15.2. The van der Waals surface area contributed by atoms with E-state index in [1.807, 2.05) is 18.2 Å². The Bertz CT molecular complexity index is 646. The average molecular weight is 387 g/mol. The highest BCUT2D eigenvalue weighted by Crippen LogP contribution is 2.23. The van der Waals surface area contributed by atoms with Gasteiger partial charge >= 0.3 is 0 Å². The first-order chi connectivity index (χ1) is 10.1. The van der Waals surface area contributed by atoms with Crippen molar-refractivity contribution in [3.05, 3.63) is 63.6 Å². The summed E-state index contributed by atoms with van der Waals surface area (Å²) in [5, 5.41) is 4.64. The highest BCUT2D eigenvalue weighted by atomic mass is 79.9. The molecule has 0 heterocycles. The fraction of sp³-hybridized carbons (Fsp3) is 0.188. The van der Waals surface area contributed by atoms with Gasteiger partial charge in [-0.25, -0.2) is 0 Å². The molecule has 0 aliphatic carbocycles. The van der Waals surface area contributed by atoms with E-state index in [1.54, 1.807) is 18.2 Å². The Morgan fingerprint density at radius 3 is 2.62 bits per heavy atom. The van der Waals surface area contributed by atoms with E-state index in [1.165, 1.54) is 5.56 Å². The van der Waals surface area contributed by atoms with Crippen LogP contribution in [0.3, 0.4) is 0 Å². The zero-order valence-corrected chi connectivity index (χ0v) is 14.3. The van der Waals surface area contributed by atoms with Crippen molar-refractivity contribution in [2.24, 2.45) is 0 Å². The summed E-state index contributed by atoms with van der Waals surface area (Å²) in [5.74, 6) is -0.203. The number of benzene rings is 2. The van der Waals surface area contributed by atoms with Gasteiger partial charge in [0.2, 0.25) is 0 Å². The first kappa shape index (κ1) is 16.3. The molecule has 0 aliphatic rings. The number of nitrogens with one attached hydrogen (secondary N) is 1. The van der Waals surface area contributed by atoms with Crippen molar-refractivity contribution >= 4 is 50.7 Å². The van der Waals surface area contributed by atoms with Crippen LogP contribution in [0.5, 0.6) is 0 Å². The van der Waals surface area contributed by atoms with Gasteiger partial charge < -0.3 is 5.32 Å². The van der Waals surface area contributed by atoms with Crippen LogP contribution in [0.4, 0.5) is 5.69 Å². The number of carbonyl (C=O) groups is 1. The third-order valence-electron chi connectivity index (χ3n) is 2.97. The minimum atomic E-state index is -0.203. The molecule has 0 bridgehead atoms. The Morgan fingerprint density at radius 1 is 1.10 bits per heavy atom. The van der Waals surface area contributed by atoms with Gasteiger partial charge in [-0.05, 0) is 48.7 Å². The van der Waals surface area contributed by atoms with E-state index in [0.29, 0.717) is 15.6 Å². The average Bonchev–Trinajstić information content (AvgIpc) is 2.48. The molecule has 0 aromatic heterocycles. The predicted octanol–water partition coefficient (Wildman–Crippen LogP) is 5.57. The lowest BCUT2D eigenvalue weighted by molar-refractivity contribution is 0.102. The molecule has 2 nitrogen and oxygen atoms in total. The van der Waals surface area contributed by atoms with Crippen LogP contribution < -0.4 is 5.32 Å². The van der Waals surface area contributed by atoms with Crippen LogP contribution in [0, 0.1) is 0 Å². The number of anilines is 1. The lowest BCUT2D eigenvalue weighted by Gasteiger charge is -2.08. The number of halogens is 3. The third kappa shape index (κ3) is 4.73. The molecule has 21 heavy (non-hydrogen) atoms. The summed E-state index contributed by atoms with van der Waals surface area (Å²) < 4.78 is 0. The predicted molar refractivity (Wildman–Crippen MR) is 93.0 cm³/mol. The van der Waals surface area contributed by atoms with Crippen molar-refractivity contribution in [3.8, 4) is 0 Å². The molecule has 0 unspecified atom stereocenters. The van der Waals surface area contributed by atoms with Gasteiger partial charge in [-0.3, -0.25) is 4.79 Å². The molecule has 2 aromatic carbocycles. The number of rotatable bonds is 5. The molecule has 2 aromatic rings. The number of aryl methyl sites for hydroxylation is 1. The maximum Gasteiger partial charge on any atom is 0.255 e. The number of hydrogen-bond acceptors (Lipinski definition) is 1. The Hall–Kier alpha value is -1.03. The summed E-state index contributed by atoms with van der Waals surface area (Å²) in [5.41, 5.74) is 2.45. The van der Waals surface area contributed by atoms with Gasteiger partial charge in [0, 0.05) is 16.6 Å². The summed E-state index contributed by atoms with van der Waals surface area (Å²) in [7, 11) is 0. The molecule has 110 valence electrons. The summed E-state index contributed by atoms with van der Waals surface area (Å²) in [6, 6.07) is 12.7. The van der Waals surface area contributed by atoms with E-state index < -0.39 is 0 Å². The fourth-order valence-corrected chi connectivity index (χ4v) is 2.49. The number of amides is 1. The molecule has 0 atom stereocenters. The molecule has 0 fully saturated rings. The molecular weight excluding hydrogens is 373 g/mol. The van der Waals surface area contributed by atoms with E-state index in [9.17, 15) is 4.79 Å². The van der Waals surface area contributed by atoms with Crippen molar-refractivity contribution in [3.63, 3.8) is 0 Å². The van der Waals surface area contributed by atoms with E-state index in [-0.39, 0.29) is 5.91 Å². The maximum atomic E-state index is 12.2. The van der Waals surface area contributed by atoms with Gasteiger partial charge in [0.05, 0.1) is 10.0 Å². The first-order valence-electron chi connectivity index (χ1n) is 6.51. The van der Waals surface area contributed by atoms with Gasteiger partial charge in [-0.2, -0.15) is 0 Å². The summed E-state index contributed by atoms with van der Waals surface area (Å²) in [6.07, 6.45) is 2.03. The summed E-state index contributed by atoms with van der Waals surface area (Å²) in [4.78, 5) is 12.2. The number of hydrogen-bond donors (Lipinski definition) is 1. The fourth-order valence-electron chi connectivity index (χ4n) is 1.92. The second-order valence-corrected chi connectivity index (χ2v) is 6.18. The van der Waals surface area contributed by atoms with E-state index >= 15 is 0 Å². The van der Waals surface area contributed by atoms with Crippen LogP contribution in [-0.2, 0) is 6.42 Å². The molecule has 0 saturated heterocycles. The highest BCUT2D eigenvalue weighted by molar-refractivity contribution is 9.09. The maximum absolute atomic E-state index is 12.2. The van der Waals surface area contributed by atoms with Gasteiger partial charge in [0.25, 0.3) is 5.91 Å². The highest BCUT2D eigenvalue weighted by Gasteiger charge is 2.08. The molecule has 1 N–H and O–H groups in total. The molecule has 0 saturated carbocycles. The monoisotopic (exact) mass is 385 g/mol. The van der Waals surface area contributed by atoms with Crippen LogP contribution >= 0.6 is 39.1 Å². The molecule has 0 spiro atoms.